The van der Waals surface area contributed by atoms with E-state index in [0.717, 1.165) is 11.1 Å². The van der Waals surface area contributed by atoms with E-state index in [9.17, 15) is 9.59 Å². The summed E-state index contributed by atoms with van der Waals surface area (Å²) < 4.78 is 4.95. The van der Waals surface area contributed by atoms with Gasteiger partial charge in [0.1, 0.15) is 13.2 Å². The van der Waals surface area contributed by atoms with Gasteiger partial charge in [-0.05, 0) is 16.7 Å². The molecular weight excluding hydrogens is 306 g/mol. The molecule has 2 aromatic rings. The van der Waals surface area contributed by atoms with Crippen LogP contribution in [0.3, 0.4) is 0 Å². The second-order valence-electron chi connectivity index (χ2n) is 5.82. The van der Waals surface area contributed by atoms with Crippen molar-refractivity contribution in [3.8, 4) is 0 Å². The zero-order valence-electron chi connectivity index (χ0n) is 13.2. The van der Waals surface area contributed by atoms with Gasteiger partial charge in [0.2, 0.25) is 5.91 Å². The molecule has 5 heteroatoms. The van der Waals surface area contributed by atoms with E-state index >= 15 is 0 Å². The number of aliphatic carboxylic acids is 1. The molecule has 3 rings (SSSR count). The van der Waals surface area contributed by atoms with Crippen molar-refractivity contribution in [2.75, 3.05) is 19.8 Å². The Balaban J connectivity index is 1.80. The molecular formula is C19H19NO4. The summed E-state index contributed by atoms with van der Waals surface area (Å²) in [6.45, 7) is 0.416. The normalized spacial score (nSPS) is 16.5. The number of benzene rings is 2. The van der Waals surface area contributed by atoms with Crippen molar-refractivity contribution in [2.24, 2.45) is 0 Å². The Hall–Kier alpha value is -2.66. The van der Waals surface area contributed by atoms with Gasteiger partial charge in [-0.15, -0.1) is 0 Å². The largest absolute Gasteiger partial charge is 0.480 e. The summed E-state index contributed by atoms with van der Waals surface area (Å²) >= 11 is 0. The molecule has 124 valence electrons. The second-order valence-corrected chi connectivity index (χ2v) is 5.82. The number of hydrogen-bond donors (Lipinski definition) is 1. The molecule has 0 aliphatic carbocycles. The average molecular weight is 325 g/mol. The highest BCUT2D eigenvalue weighted by Crippen LogP contribution is 2.33. The van der Waals surface area contributed by atoms with Gasteiger partial charge in [0.15, 0.2) is 0 Å². The van der Waals surface area contributed by atoms with Crippen molar-refractivity contribution in [2.45, 2.75) is 12.5 Å². The summed E-state index contributed by atoms with van der Waals surface area (Å²) in [5, 5.41) is 8.61. The fraction of sp³-hybridized carbons (Fsp3) is 0.263. The Morgan fingerprint density at radius 1 is 1.04 bits per heavy atom. The summed E-state index contributed by atoms with van der Waals surface area (Å²) in [5.74, 6) is -1.15. The Labute approximate surface area is 140 Å². The first kappa shape index (κ1) is 16.2. The third-order valence-electron chi connectivity index (χ3n) is 4.20. The number of hydrogen-bond acceptors (Lipinski definition) is 3. The number of carboxylic acid groups (broad SMARTS) is 1. The lowest BCUT2D eigenvalue weighted by Gasteiger charge is -2.35. The molecule has 1 aliphatic heterocycles. The number of nitrogens with zero attached hydrogens (tertiary/aromatic N) is 1. The molecule has 1 heterocycles. The highest BCUT2D eigenvalue weighted by Gasteiger charge is 2.28. The highest BCUT2D eigenvalue weighted by atomic mass is 16.5. The molecule has 0 saturated carbocycles. The molecule has 1 unspecified atom stereocenters. The van der Waals surface area contributed by atoms with E-state index in [1.165, 1.54) is 5.56 Å². The van der Waals surface area contributed by atoms with Gasteiger partial charge in [-0.25, -0.2) is 4.79 Å². The molecule has 0 spiro atoms. The van der Waals surface area contributed by atoms with E-state index in [0.29, 0.717) is 13.1 Å². The van der Waals surface area contributed by atoms with E-state index < -0.39 is 12.6 Å². The van der Waals surface area contributed by atoms with Gasteiger partial charge in [-0.1, -0.05) is 54.6 Å². The monoisotopic (exact) mass is 325 g/mol. The maximum Gasteiger partial charge on any atom is 0.329 e. The smallest absolute Gasteiger partial charge is 0.329 e. The maximum atomic E-state index is 12.4. The minimum Gasteiger partial charge on any atom is -0.480 e. The van der Waals surface area contributed by atoms with Crippen molar-refractivity contribution in [3.05, 3.63) is 71.3 Å². The van der Waals surface area contributed by atoms with Gasteiger partial charge in [0.05, 0.1) is 0 Å². The van der Waals surface area contributed by atoms with Gasteiger partial charge in [0.25, 0.3) is 0 Å². The Kier molecular flexibility index (Phi) is 4.91. The van der Waals surface area contributed by atoms with Crippen LogP contribution in [0.5, 0.6) is 0 Å². The predicted molar refractivity (Wildman–Crippen MR) is 88.6 cm³/mol. The number of carboxylic acids is 1. The number of carbonyl (C=O) groups excluding carboxylic acids is 1. The SMILES string of the molecule is O=C(O)COCC(=O)N1Cc2ccccc2C(c2ccccc2)C1. The van der Waals surface area contributed by atoms with Gasteiger partial charge >= 0.3 is 5.97 Å². The van der Waals surface area contributed by atoms with Crippen molar-refractivity contribution in [1.29, 1.82) is 0 Å². The lowest BCUT2D eigenvalue weighted by Crippen LogP contribution is -2.40. The minimum absolute atomic E-state index is 0.111. The first-order valence-electron chi connectivity index (χ1n) is 7.85. The standard InChI is InChI=1S/C19H19NO4/c21-18(12-24-13-19(22)23)20-10-15-8-4-5-9-16(15)17(11-20)14-6-2-1-3-7-14/h1-9,17H,10-13H2,(H,22,23). The summed E-state index contributed by atoms with van der Waals surface area (Å²) in [6, 6.07) is 18.2. The number of ether oxygens (including phenoxy) is 1. The van der Waals surface area contributed by atoms with Crippen molar-refractivity contribution >= 4 is 11.9 Å². The number of amides is 1. The van der Waals surface area contributed by atoms with Crippen LogP contribution in [0.25, 0.3) is 0 Å². The van der Waals surface area contributed by atoms with Gasteiger partial charge in [-0.3, -0.25) is 4.79 Å². The molecule has 0 bridgehead atoms. The summed E-state index contributed by atoms with van der Waals surface area (Å²) in [4.78, 5) is 24.6. The van der Waals surface area contributed by atoms with Crippen molar-refractivity contribution in [3.63, 3.8) is 0 Å². The third-order valence-corrected chi connectivity index (χ3v) is 4.20. The van der Waals surface area contributed by atoms with E-state index in [1.54, 1.807) is 4.90 Å². The molecule has 0 aromatic heterocycles. The van der Waals surface area contributed by atoms with Crippen molar-refractivity contribution < 1.29 is 19.4 Å². The molecule has 1 amide bonds. The zero-order valence-corrected chi connectivity index (χ0v) is 13.2. The Morgan fingerprint density at radius 2 is 1.75 bits per heavy atom. The van der Waals surface area contributed by atoms with Crippen LogP contribution in [0.1, 0.15) is 22.6 Å². The maximum absolute atomic E-state index is 12.4. The zero-order chi connectivity index (χ0) is 16.9. The lowest BCUT2D eigenvalue weighted by atomic mass is 9.84. The predicted octanol–water partition coefficient (Wildman–Crippen LogP) is 2.26. The average Bonchev–Trinajstić information content (AvgIpc) is 2.61. The first-order valence-corrected chi connectivity index (χ1v) is 7.85. The molecule has 0 saturated heterocycles. The van der Waals surface area contributed by atoms with Crippen LogP contribution in [-0.4, -0.2) is 41.6 Å². The number of rotatable bonds is 5. The van der Waals surface area contributed by atoms with Crippen LogP contribution in [0, 0.1) is 0 Å². The molecule has 1 atom stereocenters. The van der Waals surface area contributed by atoms with E-state index in [4.69, 9.17) is 9.84 Å². The van der Waals surface area contributed by atoms with Crippen LogP contribution in [0.4, 0.5) is 0 Å². The Bertz CT molecular complexity index is 729. The molecule has 5 nitrogen and oxygen atoms in total. The minimum atomic E-state index is -1.08. The summed E-state index contributed by atoms with van der Waals surface area (Å²) in [5.41, 5.74) is 3.51. The number of fused-ring (bicyclic) bond motifs is 1. The summed E-state index contributed by atoms with van der Waals surface area (Å²) in [7, 11) is 0. The molecule has 0 radical (unpaired) electrons. The van der Waals surface area contributed by atoms with Gasteiger partial charge < -0.3 is 14.7 Å². The van der Waals surface area contributed by atoms with Crippen LogP contribution in [0.2, 0.25) is 0 Å². The Morgan fingerprint density at radius 3 is 2.50 bits per heavy atom. The fourth-order valence-electron chi connectivity index (χ4n) is 3.08. The van der Waals surface area contributed by atoms with Crippen LogP contribution in [-0.2, 0) is 20.9 Å². The first-order chi connectivity index (χ1) is 11.6. The van der Waals surface area contributed by atoms with Crippen LogP contribution >= 0.6 is 0 Å². The molecule has 1 N–H and O–H groups in total. The molecule has 0 fully saturated rings. The topological polar surface area (TPSA) is 66.8 Å². The van der Waals surface area contributed by atoms with E-state index in [2.05, 4.69) is 18.2 Å². The lowest BCUT2D eigenvalue weighted by molar-refractivity contribution is -0.146. The highest BCUT2D eigenvalue weighted by molar-refractivity contribution is 5.78. The van der Waals surface area contributed by atoms with E-state index in [-0.39, 0.29) is 18.4 Å². The van der Waals surface area contributed by atoms with Crippen LogP contribution in [0.15, 0.2) is 54.6 Å². The van der Waals surface area contributed by atoms with Gasteiger partial charge in [0, 0.05) is 19.0 Å². The summed E-state index contributed by atoms with van der Waals surface area (Å²) in [6.07, 6.45) is 0. The molecule has 1 aliphatic rings. The fourth-order valence-corrected chi connectivity index (χ4v) is 3.08. The van der Waals surface area contributed by atoms with Gasteiger partial charge in [-0.2, -0.15) is 0 Å². The van der Waals surface area contributed by atoms with E-state index in [1.807, 2.05) is 36.4 Å². The van der Waals surface area contributed by atoms with Crippen LogP contribution < -0.4 is 0 Å². The van der Waals surface area contributed by atoms with Crippen molar-refractivity contribution in [1.82, 2.24) is 4.90 Å². The quantitative estimate of drug-likeness (QED) is 0.916. The molecule has 24 heavy (non-hydrogen) atoms. The third kappa shape index (κ3) is 3.63. The number of carbonyl (C=O) groups is 2. The molecule has 2 aromatic carbocycles. The second kappa shape index (κ2) is 7.27.